The van der Waals surface area contributed by atoms with E-state index < -0.39 is 15.9 Å². The van der Waals surface area contributed by atoms with E-state index in [0.717, 1.165) is 37.0 Å². The van der Waals surface area contributed by atoms with Gasteiger partial charge in [0.1, 0.15) is 0 Å². The van der Waals surface area contributed by atoms with Gasteiger partial charge in [-0.1, -0.05) is 0 Å². The molecular formula is C20H24Cl2OTe. The van der Waals surface area contributed by atoms with Gasteiger partial charge in [0, 0.05) is 0 Å². The summed E-state index contributed by atoms with van der Waals surface area (Å²) in [5, 5.41) is 0. The molecule has 0 radical (unpaired) electrons. The summed E-state index contributed by atoms with van der Waals surface area (Å²) in [6, 6.07) is 8.28. The predicted octanol–water partition coefficient (Wildman–Crippen LogP) is 5.55. The van der Waals surface area contributed by atoms with Crippen LogP contribution in [0, 0.1) is 41.5 Å². The van der Waals surface area contributed by atoms with Gasteiger partial charge in [-0.25, -0.2) is 0 Å². The summed E-state index contributed by atoms with van der Waals surface area (Å²) in [4.78, 5) is 13.0. The van der Waals surface area contributed by atoms with Gasteiger partial charge in [-0.05, 0) is 0 Å². The summed E-state index contributed by atoms with van der Waals surface area (Å²) in [5.74, 6) is 0.0653. The van der Waals surface area contributed by atoms with Gasteiger partial charge in [-0.2, -0.15) is 0 Å². The van der Waals surface area contributed by atoms with Crippen molar-refractivity contribution in [3.8, 4) is 0 Å². The molecule has 0 spiro atoms. The molecule has 0 aliphatic carbocycles. The molecule has 2 aromatic carbocycles. The topological polar surface area (TPSA) is 17.1 Å². The molecule has 0 aromatic heterocycles. The number of aryl methyl sites for hydroxylation is 6. The van der Waals surface area contributed by atoms with Crippen LogP contribution in [0.5, 0.6) is 0 Å². The van der Waals surface area contributed by atoms with E-state index in [1.54, 1.807) is 0 Å². The van der Waals surface area contributed by atoms with E-state index in [9.17, 15) is 4.79 Å². The molecule has 2 aromatic rings. The third kappa shape index (κ3) is 4.17. The first-order valence-corrected chi connectivity index (χ1v) is 16.6. The summed E-state index contributed by atoms with van der Waals surface area (Å²) in [6.45, 7) is 12.1. The zero-order valence-corrected chi connectivity index (χ0v) is 18.9. The Hall–Kier alpha value is -0.520. The Kier molecular flexibility index (Phi) is 6.09. The van der Waals surface area contributed by atoms with Crippen molar-refractivity contribution in [3.63, 3.8) is 0 Å². The van der Waals surface area contributed by atoms with E-state index in [1.807, 2.05) is 46.8 Å². The second kappa shape index (κ2) is 7.38. The molecule has 0 saturated carbocycles. The first-order valence-electron chi connectivity index (χ1n) is 7.92. The molecule has 4 heteroatoms. The van der Waals surface area contributed by atoms with E-state index >= 15 is 0 Å². The number of benzene rings is 2. The summed E-state index contributed by atoms with van der Waals surface area (Å²) in [7, 11) is 13.7. The van der Waals surface area contributed by atoms with Crippen molar-refractivity contribution in [2.24, 2.45) is 0 Å². The zero-order valence-electron chi connectivity index (χ0n) is 15.1. The summed E-state index contributed by atoms with van der Waals surface area (Å²) in [6.07, 6.45) is 0. The maximum absolute atomic E-state index is 13.0. The van der Waals surface area contributed by atoms with Crippen LogP contribution in [-0.4, -0.2) is 21.7 Å². The van der Waals surface area contributed by atoms with Crippen LogP contribution in [0.25, 0.3) is 0 Å². The van der Waals surface area contributed by atoms with Crippen LogP contribution in [0.1, 0.15) is 43.7 Å². The Bertz CT molecular complexity index is 763. The van der Waals surface area contributed by atoms with Crippen molar-refractivity contribution in [1.82, 2.24) is 0 Å². The Morgan fingerprint density at radius 1 is 0.792 bits per heavy atom. The minimum atomic E-state index is -3.52. The normalized spacial score (nSPS) is 12.3. The SMILES string of the molecule is Cc1cc(C)c(C(=O)C[Te](Cl)(Cl)c2c(C)cc(C)cc2C)c(C)c1. The third-order valence-electron chi connectivity index (χ3n) is 4.17. The quantitative estimate of drug-likeness (QED) is 0.416. The molecule has 130 valence electrons. The fourth-order valence-corrected chi connectivity index (χ4v) is 13.0. The van der Waals surface area contributed by atoms with Gasteiger partial charge in [0.05, 0.1) is 0 Å². The molecule has 0 N–H and O–H groups in total. The van der Waals surface area contributed by atoms with Gasteiger partial charge in [0.15, 0.2) is 0 Å². The van der Waals surface area contributed by atoms with Gasteiger partial charge in [-0.3, -0.25) is 0 Å². The average molecular weight is 479 g/mol. The first-order chi connectivity index (χ1) is 11.0. The van der Waals surface area contributed by atoms with Gasteiger partial charge in [-0.15, -0.1) is 0 Å². The van der Waals surface area contributed by atoms with Gasteiger partial charge >= 0.3 is 157 Å². The molecule has 0 amide bonds. The van der Waals surface area contributed by atoms with Crippen LogP contribution < -0.4 is 3.61 Å². The maximum atomic E-state index is 13.0. The molecule has 0 bridgehead atoms. The van der Waals surface area contributed by atoms with E-state index in [4.69, 9.17) is 17.9 Å². The summed E-state index contributed by atoms with van der Waals surface area (Å²) < 4.78 is 1.28. The standard InChI is InChI=1S/C20H24Cl2OTe/c1-12-7-14(3)19(15(4)8-12)18(23)11-24(21,22)20-16(5)9-13(2)10-17(20)6/h7-10H,11H2,1-6H3. The van der Waals surface area contributed by atoms with Crippen molar-refractivity contribution in [2.45, 2.75) is 46.0 Å². The number of carbonyl (C=O) groups excluding carboxylic acids is 1. The first kappa shape index (κ1) is 19.8. The van der Waals surface area contributed by atoms with E-state index in [2.05, 4.69) is 19.1 Å². The van der Waals surface area contributed by atoms with E-state index in [-0.39, 0.29) is 10.3 Å². The van der Waals surface area contributed by atoms with Crippen molar-refractivity contribution in [2.75, 3.05) is 0 Å². The van der Waals surface area contributed by atoms with Crippen LogP contribution in [0.4, 0.5) is 0 Å². The number of Topliss-reactive ketones (excluding diaryl/α,β-unsaturated/α-hetero) is 1. The number of hydrogen-bond donors (Lipinski definition) is 0. The second-order valence-electron chi connectivity index (χ2n) is 6.64. The fourth-order valence-electron chi connectivity index (χ4n) is 3.57. The molecule has 0 aliphatic heterocycles. The number of carbonyl (C=O) groups is 1. The number of ketones is 1. The second-order valence-corrected chi connectivity index (χ2v) is 20.0. The van der Waals surface area contributed by atoms with Crippen LogP contribution in [0.15, 0.2) is 24.3 Å². The van der Waals surface area contributed by atoms with Gasteiger partial charge in [0.25, 0.3) is 0 Å². The zero-order chi connectivity index (χ0) is 18.2. The van der Waals surface area contributed by atoms with Gasteiger partial charge in [0.2, 0.25) is 0 Å². The number of halogens is 2. The van der Waals surface area contributed by atoms with E-state index in [1.165, 1.54) is 5.56 Å². The Morgan fingerprint density at radius 2 is 1.17 bits per heavy atom. The molecule has 0 atom stereocenters. The van der Waals surface area contributed by atoms with Crippen LogP contribution in [0.2, 0.25) is 4.47 Å². The molecule has 0 aliphatic rings. The minimum absolute atomic E-state index is 0.0653. The molecule has 24 heavy (non-hydrogen) atoms. The van der Waals surface area contributed by atoms with E-state index in [0.29, 0.717) is 0 Å². The molecule has 0 saturated heterocycles. The molecule has 0 fully saturated rings. The third-order valence-corrected chi connectivity index (χ3v) is 13.0. The van der Waals surface area contributed by atoms with Crippen molar-refractivity contribution in [3.05, 3.63) is 63.2 Å². The number of rotatable bonds is 4. The van der Waals surface area contributed by atoms with Crippen molar-refractivity contribution in [1.29, 1.82) is 0 Å². The van der Waals surface area contributed by atoms with Crippen molar-refractivity contribution < 1.29 is 4.79 Å². The predicted molar refractivity (Wildman–Crippen MR) is 108 cm³/mol. The van der Waals surface area contributed by atoms with Crippen molar-refractivity contribution >= 4 is 43.3 Å². The molecule has 2 rings (SSSR count). The average Bonchev–Trinajstić information content (AvgIpc) is 2.33. The molecule has 0 heterocycles. The molecular weight excluding hydrogens is 455 g/mol. The van der Waals surface area contributed by atoms with Crippen LogP contribution in [-0.2, 0) is 0 Å². The summed E-state index contributed by atoms with van der Waals surface area (Å²) >= 11 is -3.52. The Balaban J connectivity index is 2.42. The Morgan fingerprint density at radius 3 is 1.58 bits per heavy atom. The monoisotopic (exact) mass is 480 g/mol. The van der Waals surface area contributed by atoms with Crippen LogP contribution in [0.3, 0.4) is 0 Å². The van der Waals surface area contributed by atoms with Crippen LogP contribution >= 0.6 is 17.9 Å². The molecule has 0 unspecified atom stereocenters. The number of hydrogen-bond acceptors (Lipinski definition) is 1. The van der Waals surface area contributed by atoms with Gasteiger partial charge < -0.3 is 0 Å². The fraction of sp³-hybridized carbons (Fsp3) is 0.350. The Labute approximate surface area is 156 Å². The summed E-state index contributed by atoms with van der Waals surface area (Å²) in [5.41, 5.74) is 7.34. The molecule has 1 nitrogen and oxygen atoms in total.